The summed E-state index contributed by atoms with van der Waals surface area (Å²) >= 11 is 0. The van der Waals surface area contributed by atoms with Gasteiger partial charge in [-0.1, -0.05) is 23.8 Å². The van der Waals surface area contributed by atoms with E-state index < -0.39 is 0 Å². The largest absolute Gasteiger partial charge is 0.490 e. The maximum absolute atomic E-state index is 12.3. The molecule has 25 heavy (non-hydrogen) atoms. The van der Waals surface area contributed by atoms with Crippen molar-refractivity contribution < 1.29 is 9.53 Å². The van der Waals surface area contributed by atoms with Gasteiger partial charge in [0, 0.05) is 25.3 Å². The van der Waals surface area contributed by atoms with Crippen molar-refractivity contribution >= 4 is 17.5 Å². The Balaban J connectivity index is 1.96. The smallest absolute Gasteiger partial charge is 0.185 e. The van der Waals surface area contributed by atoms with Gasteiger partial charge in [-0.25, -0.2) is 0 Å². The second-order valence-electron chi connectivity index (χ2n) is 6.30. The Hall–Kier alpha value is -2.81. The number of ether oxygens (including phenoxy) is 1. The first-order valence-electron chi connectivity index (χ1n) is 8.32. The number of ketones is 1. The molecule has 3 heteroatoms. The maximum Gasteiger partial charge on any atom is 0.185 e. The van der Waals surface area contributed by atoms with Crippen LogP contribution < -0.4 is 9.64 Å². The van der Waals surface area contributed by atoms with Crippen LogP contribution in [0.1, 0.15) is 29.8 Å². The molecule has 130 valence electrons. The Labute approximate surface area is 150 Å². The van der Waals surface area contributed by atoms with Crippen molar-refractivity contribution in [1.82, 2.24) is 0 Å². The highest BCUT2D eigenvalue weighted by molar-refractivity contribution is 6.06. The zero-order chi connectivity index (χ0) is 18.2. The lowest BCUT2D eigenvalue weighted by Crippen LogP contribution is -2.07. The van der Waals surface area contributed by atoms with Crippen LogP contribution in [0.25, 0.3) is 6.08 Å². The predicted octanol–water partition coefficient (Wildman–Crippen LogP) is 4.99. The summed E-state index contributed by atoms with van der Waals surface area (Å²) in [6, 6.07) is 15.3. The summed E-state index contributed by atoms with van der Waals surface area (Å²) in [5, 5.41) is 0. The molecular formula is C22H25NO2. The SMILES string of the molecule is CC(C)=CCOc1ccc(C(=O)/C=C/c2ccc(N(C)C)cc2)cc1. The molecule has 0 bridgehead atoms. The molecule has 0 spiro atoms. The number of nitrogens with zero attached hydrogens (tertiary/aromatic N) is 1. The van der Waals surface area contributed by atoms with Crippen molar-refractivity contribution in [2.24, 2.45) is 0 Å². The molecule has 2 rings (SSSR count). The zero-order valence-electron chi connectivity index (χ0n) is 15.3. The standard InChI is InChI=1S/C22H25NO2/c1-17(2)15-16-25-21-12-8-19(9-13-21)22(24)14-7-18-5-10-20(11-6-18)23(3)4/h5-15H,16H2,1-4H3/b14-7+. The van der Waals surface area contributed by atoms with E-state index >= 15 is 0 Å². The van der Waals surface area contributed by atoms with Gasteiger partial charge in [0.1, 0.15) is 12.4 Å². The molecule has 0 amide bonds. The number of carbonyl (C=O) groups is 1. The zero-order valence-corrected chi connectivity index (χ0v) is 15.3. The number of anilines is 1. The molecule has 0 N–H and O–H groups in total. The van der Waals surface area contributed by atoms with E-state index in [-0.39, 0.29) is 5.78 Å². The van der Waals surface area contributed by atoms with Crippen molar-refractivity contribution in [3.05, 3.63) is 77.4 Å². The fourth-order valence-corrected chi connectivity index (χ4v) is 2.17. The van der Waals surface area contributed by atoms with Gasteiger partial charge in [0.15, 0.2) is 5.78 Å². The summed E-state index contributed by atoms with van der Waals surface area (Å²) in [4.78, 5) is 14.3. The molecule has 0 fully saturated rings. The third kappa shape index (κ3) is 5.96. The van der Waals surface area contributed by atoms with E-state index in [2.05, 4.69) is 0 Å². The molecule has 0 unspecified atom stereocenters. The minimum Gasteiger partial charge on any atom is -0.490 e. The molecule has 0 aromatic heterocycles. The minimum atomic E-state index is -0.0208. The van der Waals surface area contributed by atoms with Crippen LogP contribution >= 0.6 is 0 Å². The highest BCUT2D eigenvalue weighted by atomic mass is 16.5. The number of hydrogen-bond acceptors (Lipinski definition) is 3. The molecule has 3 nitrogen and oxygen atoms in total. The van der Waals surface area contributed by atoms with Gasteiger partial charge in [-0.05, 0) is 68.0 Å². The molecule has 2 aromatic rings. The fourth-order valence-electron chi connectivity index (χ4n) is 2.17. The van der Waals surface area contributed by atoms with Crippen LogP contribution in [0.2, 0.25) is 0 Å². The average molecular weight is 335 g/mol. The third-order valence-electron chi connectivity index (χ3n) is 3.72. The van der Waals surface area contributed by atoms with E-state index in [1.54, 1.807) is 18.2 Å². The second-order valence-corrected chi connectivity index (χ2v) is 6.30. The van der Waals surface area contributed by atoms with Gasteiger partial charge in [0.25, 0.3) is 0 Å². The molecule has 0 saturated carbocycles. The maximum atomic E-state index is 12.3. The van der Waals surface area contributed by atoms with Crippen molar-refractivity contribution in [2.75, 3.05) is 25.6 Å². The molecule has 0 heterocycles. The van der Waals surface area contributed by atoms with E-state index in [1.807, 2.05) is 81.4 Å². The summed E-state index contributed by atoms with van der Waals surface area (Å²) in [5.41, 5.74) is 4.00. The summed E-state index contributed by atoms with van der Waals surface area (Å²) in [6.45, 7) is 4.61. The van der Waals surface area contributed by atoms with Gasteiger partial charge in [-0.15, -0.1) is 0 Å². The Morgan fingerprint density at radius 1 is 1.00 bits per heavy atom. The summed E-state index contributed by atoms with van der Waals surface area (Å²) in [5.74, 6) is 0.741. The Morgan fingerprint density at radius 3 is 2.20 bits per heavy atom. The number of allylic oxidation sites excluding steroid dienone is 2. The second kappa shape index (κ2) is 8.88. The average Bonchev–Trinajstić information content (AvgIpc) is 2.60. The van der Waals surface area contributed by atoms with E-state index in [9.17, 15) is 4.79 Å². The van der Waals surface area contributed by atoms with Crippen LogP contribution in [-0.2, 0) is 0 Å². The molecule has 0 aliphatic carbocycles. The Morgan fingerprint density at radius 2 is 1.64 bits per heavy atom. The van der Waals surface area contributed by atoms with Gasteiger partial charge in [-0.2, -0.15) is 0 Å². The van der Waals surface area contributed by atoms with Crippen LogP contribution in [0.4, 0.5) is 5.69 Å². The van der Waals surface area contributed by atoms with Crippen LogP contribution in [0.15, 0.2) is 66.3 Å². The molecule has 0 atom stereocenters. The molecule has 0 aliphatic heterocycles. The van der Waals surface area contributed by atoms with Crippen molar-refractivity contribution in [2.45, 2.75) is 13.8 Å². The number of rotatable bonds is 7. The molecule has 0 saturated heterocycles. The fraction of sp³-hybridized carbons (Fsp3) is 0.227. The van der Waals surface area contributed by atoms with Crippen molar-refractivity contribution in [3.8, 4) is 5.75 Å². The van der Waals surface area contributed by atoms with Gasteiger partial charge in [-0.3, -0.25) is 4.79 Å². The monoisotopic (exact) mass is 335 g/mol. The first kappa shape index (κ1) is 18.5. The number of benzene rings is 2. The number of carbonyl (C=O) groups excluding carboxylic acids is 1. The predicted molar refractivity (Wildman–Crippen MR) is 106 cm³/mol. The molecular weight excluding hydrogens is 310 g/mol. The lowest BCUT2D eigenvalue weighted by atomic mass is 10.1. The molecule has 2 aromatic carbocycles. The van der Waals surface area contributed by atoms with Gasteiger partial charge < -0.3 is 9.64 Å². The minimum absolute atomic E-state index is 0.0208. The van der Waals surface area contributed by atoms with Gasteiger partial charge in [0.05, 0.1) is 0 Å². The van der Waals surface area contributed by atoms with E-state index in [4.69, 9.17) is 4.74 Å². The number of hydrogen-bond donors (Lipinski definition) is 0. The first-order valence-corrected chi connectivity index (χ1v) is 8.32. The van der Waals surface area contributed by atoms with Crippen LogP contribution in [0.5, 0.6) is 5.75 Å². The highest BCUT2D eigenvalue weighted by Gasteiger charge is 2.02. The van der Waals surface area contributed by atoms with E-state index in [0.29, 0.717) is 12.2 Å². The van der Waals surface area contributed by atoms with Crippen molar-refractivity contribution in [3.63, 3.8) is 0 Å². The van der Waals surface area contributed by atoms with Crippen LogP contribution in [0, 0.1) is 0 Å². The van der Waals surface area contributed by atoms with Gasteiger partial charge in [0.2, 0.25) is 0 Å². The summed E-state index contributed by atoms with van der Waals surface area (Å²) in [7, 11) is 4.00. The first-order chi connectivity index (χ1) is 12.0. The van der Waals surface area contributed by atoms with E-state index in [1.165, 1.54) is 5.57 Å². The summed E-state index contributed by atoms with van der Waals surface area (Å²) in [6.07, 6.45) is 5.45. The van der Waals surface area contributed by atoms with E-state index in [0.717, 1.165) is 17.0 Å². The van der Waals surface area contributed by atoms with Crippen LogP contribution in [-0.4, -0.2) is 26.5 Å². The quantitative estimate of drug-likeness (QED) is 0.405. The Kier molecular flexibility index (Phi) is 6.58. The lowest BCUT2D eigenvalue weighted by Gasteiger charge is -2.11. The molecule has 0 radical (unpaired) electrons. The highest BCUT2D eigenvalue weighted by Crippen LogP contribution is 2.15. The normalized spacial score (nSPS) is 10.6. The third-order valence-corrected chi connectivity index (χ3v) is 3.72. The lowest BCUT2D eigenvalue weighted by molar-refractivity contribution is 0.104. The van der Waals surface area contributed by atoms with Crippen LogP contribution in [0.3, 0.4) is 0 Å². The summed E-state index contributed by atoms with van der Waals surface area (Å²) < 4.78 is 5.60. The Bertz CT molecular complexity index is 750. The van der Waals surface area contributed by atoms with Gasteiger partial charge >= 0.3 is 0 Å². The molecule has 0 aliphatic rings. The van der Waals surface area contributed by atoms with Crippen molar-refractivity contribution in [1.29, 1.82) is 0 Å². The topological polar surface area (TPSA) is 29.5 Å².